The first-order chi connectivity index (χ1) is 8.24. The van der Waals surface area contributed by atoms with Crippen LogP contribution in [0.1, 0.15) is 43.0 Å². The van der Waals surface area contributed by atoms with Crippen molar-refractivity contribution in [1.29, 1.82) is 0 Å². The average molecular weight is 237 g/mol. The first kappa shape index (κ1) is 12.6. The molecule has 0 spiro atoms. The predicted octanol–water partition coefficient (Wildman–Crippen LogP) is 1.87. The van der Waals surface area contributed by atoms with Crippen molar-refractivity contribution in [2.24, 2.45) is 0 Å². The SMILES string of the molecule is COCC(C)n1ncc(C)c1C1CCNCC1. The van der Waals surface area contributed by atoms with Crippen molar-refractivity contribution in [2.75, 3.05) is 26.8 Å². The number of nitrogens with zero attached hydrogens (tertiary/aromatic N) is 2. The number of nitrogens with one attached hydrogen (secondary N) is 1. The Labute approximate surface area is 103 Å². The molecule has 4 heteroatoms. The summed E-state index contributed by atoms with van der Waals surface area (Å²) in [5.41, 5.74) is 2.73. The minimum atomic E-state index is 0.318. The quantitative estimate of drug-likeness (QED) is 0.869. The Kier molecular flexibility index (Phi) is 4.18. The fourth-order valence-corrected chi connectivity index (χ4v) is 2.73. The zero-order valence-corrected chi connectivity index (χ0v) is 11.1. The van der Waals surface area contributed by atoms with Gasteiger partial charge in [0.1, 0.15) is 0 Å². The number of hydrogen-bond donors (Lipinski definition) is 1. The lowest BCUT2D eigenvalue weighted by Crippen LogP contribution is -2.29. The minimum absolute atomic E-state index is 0.318. The summed E-state index contributed by atoms with van der Waals surface area (Å²) in [4.78, 5) is 0. The normalized spacial score (nSPS) is 19.5. The van der Waals surface area contributed by atoms with Crippen LogP contribution in [0.5, 0.6) is 0 Å². The Morgan fingerprint density at radius 3 is 2.88 bits per heavy atom. The number of ether oxygens (including phenoxy) is 1. The molecule has 2 rings (SSSR count). The van der Waals surface area contributed by atoms with E-state index in [1.54, 1.807) is 7.11 Å². The Hall–Kier alpha value is -0.870. The third kappa shape index (κ3) is 2.69. The van der Waals surface area contributed by atoms with Crippen LogP contribution >= 0.6 is 0 Å². The van der Waals surface area contributed by atoms with E-state index in [2.05, 4.69) is 28.9 Å². The monoisotopic (exact) mass is 237 g/mol. The van der Waals surface area contributed by atoms with Crippen molar-refractivity contribution >= 4 is 0 Å². The van der Waals surface area contributed by atoms with Gasteiger partial charge in [0.15, 0.2) is 0 Å². The maximum atomic E-state index is 5.24. The largest absolute Gasteiger partial charge is 0.382 e. The van der Waals surface area contributed by atoms with E-state index in [1.165, 1.54) is 24.1 Å². The van der Waals surface area contributed by atoms with Crippen LogP contribution in [0.25, 0.3) is 0 Å². The van der Waals surface area contributed by atoms with Crippen LogP contribution in [0, 0.1) is 6.92 Å². The van der Waals surface area contributed by atoms with E-state index < -0.39 is 0 Å². The maximum Gasteiger partial charge on any atom is 0.0727 e. The molecular formula is C13H23N3O. The van der Waals surface area contributed by atoms with Gasteiger partial charge in [-0.3, -0.25) is 4.68 Å². The molecule has 0 radical (unpaired) electrons. The highest BCUT2D eigenvalue weighted by molar-refractivity contribution is 5.21. The summed E-state index contributed by atoms with van der Waals surface area (Å²) in [6.45, 7) is 7.29. The van der Waals surface area contributed by atoms with E-state index in [1.807, 2.05) is 6.20 Å². The number of rotatable bonds is 4. The van der Waals surface area contributed by atoms with Gasteiger partial charge >= 0.3 is 0 Å². The Morgan fingerprint density at radius 1 is 1.53 bits per heavy atom. The Bertz CT molecular complexity index is 356. The lowest BCUT2D eigenvalue weighted by molar-refractivity contribution is 0.154. The van der Waals surface area contributed by atoms with E-state index in [9.17, 15) is 0 Å². The van der Waals surface area contributed by atoms with Crippen molar-refractivity contribution in [2.45, 2.75) is 38.6 Å². The molecule has 1 aromatic heterocycles. The summed E-state index contributed by atoms with van der Waals surface area (Å²) in [5, 5.41) is 7.94. The van der Waals surface area contributed by atoms with E-state index in [4.69, 9.17) is 4.74 Å². The molecule has 0 aliphatic carbocycles. The highest BCUT2D eigenvalue weighted by Gasteiger charge is 2.23. The van der Waals surface area contributed by atoms with Crippen LogP contribution in [0.2, 0.25) is 0 Å². The van der Waals surface area contributed by atoms with Crippen molar-refractivity contribution in [3.05, 3.63) is 17.5 Å². The van der Waals surface area contributed by atoms with Crippen molar-refractivity contribution in [3.8, 4) is 0 Å². The highest BCUT2D eigenvalue weighted by atomic mass is 16.5. The molecular weight excluding hydrogens is 214 g/mol. The average Bonchev–Trinajstić information content (AvgIpc) is 2.73. The van der Waals surface area contributed by atoms with Gasteiger partial charge in [0.05, 0.1) is 18.8 Å². The summed E-state index contributed by atoms with van der Waals surface area (Å²) >= 11 is 0. The molecule has 0 bridgehead atoms. The smallest absolute Gasteiger partial charge is 0.0727 e. The summed E-state index contributed by atoms with van der Waals surface area (Å²) < 4.78 is 7.40. The van der Waals surface area contributed by atoms with E-state index in [0.29, 0.717) is 12.0 Å². The molecule has 17 heavy (non-hydrogen) atoms. The minimum Gasteiger partial charge on any atom is -0.382 e. The van der Waals surface area contributed by atoms with Gasteiger partial charge in [-0.05, 0) is 45.3 Å². The number of piperidine rings is 1. The zero-order chi connectivity index (χ0) is 12.3. The number of hydrogen-bond acceptors (Lipinski definition) is 3. The number of methoxy groups -OCH3 is 1. The van der Waals surface area contributed by atoms with Crippen LogP contribution in [0.15, 0.2) is 6.20 Å². The molecule has 1 unspecified atom stereocenters. The molecule has 1 aliphatic rings. The van der Waals surface area contributed by atoms with Crippen LogP contribution in [0.3, 0.4) is 0 Å². The van der Waals surface area contributed by atoms with Gasteiger partial charge in [-0.1, -0.05) is 0 Å². The van der Waals surface area contributed by atoms with Gasteiger partial charge < -0.3 is 10.1 Å². The summed E-state index contributed by atoms with van der Waals surface area (Å²) in [5.74, 6) is 0.651. The van der Waals surface area contributed by atoms with Gasteiger partial charge in [-0.25, -0.2) is 0 Å². The molecule has 4 nitrogen and oxygen atoms in total. The highest BCUT2D eigenvalue weighted by Crippen LogP contribution is 2.29. The molecule has 1 aliphatic heterocycles. The van der Waals surface area contributed by atoms with Crippen LogP contribution in [-0.4, -0.2) is 36.6 Å². The lowest BCUT2D eigenvalue weighted by atomic mass is 9.92. The topological polar surface area (TPSA) is 39.1 Å². The molecule has 1 fully saturated rings. The van der Waals surface area contributed by atoms with E-state index in [0.717, 1.165) is 19.7 Å². The Balaban J connectivity index is 2.21. The second kappa shape index (κ2) is 5.65. The zero-order valence-electron chi connectivity index (χ0n) is 11.1. The van der Waals surface area contributed by atoms with Crippen molar-refractivity contribution in [1.82, 2.24) is 15.1 Å². The summed E-state index contributed by atoms with van der Waals surface area (Å²) in [6, 6.07) is 0.318. The van der Waals surface area contributed by atoms with Crippen LogP contribution in [0.4, 0.5) is 0 Å². The third-order valence-electron chi connectivity index (χ3n) is 3.58. The van der Waals surface area contributed by atoms with Gasteiger partial charge in [-0.15, -0.1) is 0 Å². The van der Waals surface area contributed by atoms with Crippen LogP contribution in [-0.2, 0) is 4.74 Å². The summed E-state index contributed by atoms with van der Waals surface area (Å²) in [7, 11) is 1.75. The second-order valence-electron chi connectivity index (χ2n) is 4.99. The number of aryl methyl sites for hydroxylation is 1. The molecule has 1 aromatic rings. The molecule has 0 saturated carbocycles. The third-order valence-corrected chi connectivity index (χ3v) is 3.58. The fraction of sp³-hybridized carbons (Fsp3) is 0.769. The van der Waals surface area contributed by atoms with Gasteiger partial charge in [-0.2, -0.15) is 5.10 Å². The van der Waals surface area contributed by atoms with Gasteiger partial charge in [0.2, 0.25) is 0 Å². The van der Waals surface area contributed by atoms with E-state index in [-0.39, 0.29) is 0 Å². The summed E-state index contributed by atoms with van der Waals surface area (Å²) in [6.07, 6.45) is 4.42. The van der Waals surface area contributed by atoms with Gasteiger partial charge in [0, 0.05) is 18.7 Å². The van der Waals surface area contributed by atoms with Crippen molar-refractivity contribution < 1.29 is 4.74 Å². The molecule has 2 heterocycles. The Morgan fingerprint density at radius 2 is 2.24 bits per heavy atom. The second-order valence-corrected chi connectivity index (χ2v) is 4.99. The lowest BCUT2D eigenvalue weighted by Gasteiger charge is -2.26. The molecule has 96 valence electrons. The molecule has 0 aromatic carbocycles. The molecule has 1 N–H and O–H groups in total. The molecule has 1 atom stereocenters. The van der Waals surface area contributed by atoms with E-state index >= 15 is 0 Å². The van der Waals surface area contributed by atoms with Crippen LogP contribution < -0.4 is 5.32 Å². The van der Waals surface area contributed by atoms with Gasteiger partial charge in [0.25, 0.3) is 0 Å². The molecule has 0 amide bonds. The first-order valence-corrected chi connectivity index (χ1v) is 6.47. The van der Waals surface area contributed by atoms with Crippen molar-refractivity contribution in [3.63, 3.8) is 0 Å². The standard InChI is InChI=1S/C13H23N3O/c1-10-8-15-16(11(2)9-17-3)13(10)12-4-6-14-7-5-12/h8,11-12,14H,4-7,9H2,1-3H3. The number of aromatic nitrogens is 2. The predicted molar refractivity (Wildman–Crippen MR) is 68.4 cm³/mol. The fourth-order valence-electron chi connectivity index (χ4n) is 2.73. The maximum absolute atomic E-state index is 5.24. The molecule has 1 saturated heterocycles. The first-order valence-electron chi connectivity index (χ1n) is 6.47.